The van der Waals surface area contributed by atoms with E-state index in [2.05, 4.69) is 11.4 Å². The molecule has 3 N–H and O–H groups in total. The van der Waals surface area contributed by atoms with Crippen LogP contribution in [-0.4, -0.2) is 11.7 Å². The van der Waals surface area contributed by atoms with E-state index in [0.29, 0.717) is 16.9 Å². The number of anilines is 2. The van der Waals surface area contributed by atoms with Gasteiger partial charge in [-0.2, -0.15) is 0 Å². The predicted octanol–water partition coefficient (Wildman–Crippen LogP) is 4.17. The summed E-state index contributed by atoms with van der Waals surface area (Å²) in [5, 5.41) is 2.75. The van der Waals surface area contributed by atoms with Gasteiger partial charge in [0.2, 0.25) is 5.91 Å². The largest absolute Gasteiger partial charge is 0.397 e. The normalized spacial score (nSPS) is 12.6. The zero-order chi connectivity index (χ0) is 16.9. The molecule has 5 heteroatoms. The van der Waals surface area contributed by atoms with Crippen molar-refractivity contribution >= 4 is 35.5 Å². The van der Waals surface area contributed by atoms with Crippen LogP contribution in [0.25, 0.3) is 0 Å². The van der Waals surface area contributed by atoms with E-state index in [9.17, 15) is 9.59 Å². The molecule has 1 amide bonds. The van der Waals surface area contributed by atoms with E-state index < -0.39 is 0 Å². The van der Waals surface area contributed by atoms with Crippen LogP contribution in [0.15, 0.2) is 42.5 Å². The van der Waals surface area contributed by atoms with Gasteiger partial charge < -0.3 is 11.1 Å². The van der Waals surface area contributed by atoms with Crippen LogP contribution < -0.4 is 11.1 Å². The zero-order valence-electron chi connectivity index (χ0n) is 14.1. The molecule has 0 heterocycles. The predicted molar refractivity (Wildman–Crippen MR) is 103 cm³/mol. The molecule has 0 spiro atoms. The van der Waals surface area contributed by atoms with E-state index in [1.165, 1.54) is 24.0 Å². The summed E-state index contributed by atoms with van der Waals surface area (Å²) in [5.41, 5.74) is 10.3. The number of fused-ring (bicyclic) bond motifs is 1. The average Bonchev–Trinajstić information content (AvgIpc) is 2.61. The monoisotopic (exact) mass is 358 g/mol. The molecule has 25 heavy (non-hydrogen) atoms. The summed E-state index contributed by atoms with van der Waals surface area (Å²) < 4.78 is 0. The number of nitrogens with two attached hydrogens (primary N) is 1. The molecule has 0 fully saturated rings. The van der Waals surface area contributed by atoms with Gasteiger partial charge in [0.1, 0.15) is 0 Å². The number of hydrogen-bond donors (Lipinski definition) is 2. The molecule has 2 aromatic rings. The van der Waals surface area contributed by atoms with Gasteiger partial charge in [0.15, 0.2) is 5.78 Å². The number of ketones is 1. The Bertz CT molecular complexity index is 774. The van der Waals surface area contributed by atoms with Crippen LogP contribution in [0.2, 0.25) is 0 Å². The molecular weight excluding hydrogens is 336 g/mol. The van der Waals surface area contributed by atoms with Gasteiger partial charge in [0, 0.05) is 18.4 Å². The lowest BCUT2D eigenvalue weighted by Crippen LogP contribution is -2.14. The standard InChI is InChI=1S/C20H22N2O2.ClH/c21-17-7-3-4-8-18(17)22-20(24)12-11-19(23)16-10-9-14-5-1-2-6-15(14)13-16;/h3-4,7-10,13H,1-2,5-6,11-12,21H2,(H,22,24);1H. The highest BCUT2D eigenvalue weighted by Crippen LogP contribution is 2.23. The summed E-state index contributed by atoms with van der Waals surface area (Å²) in [6.45, 7) is 0. The first kappa shape index (κ1) is 19.0. The zero-order valence-corrected chi connectivity index (χ0v) is 14.9. The Kier molecular flexibility index (Phi) is 6.59. The number of Topliss-reactive ketones (excluding diaryl/α,β-unsaturated/α-hetero) is 1. The second kappa shape index (κ2) is 8.67. The summed E-state index contributed by atoms with van der Waals surface area (Å²) >= 11 is 0. The number of nitrogen functional groups attached to an aromatic ring is 1. The molecule has 0 atom stereocenters. The molecule has 0 saturated carbocycles. The number of amides is 1. The fourth-order valence-electron chi connectivity index (χ4n) is 3.10. The van der Waals surface area contributed by atoms with Gasteiger partial charge in [-0.3, -0.25) is 9.59 Å². The molecule has 2 aromatic carbocycles. The topological polar surface area (TPSA) is 72.2 Å². The third kappa shape index (κ3) is 4.83. The van der Waals surface area contributed by atoms with Crippen molar-refractivity contribution in [2.24, 2.45) is 0 Å². The third-order valence-electron chi connectivity index (χ3n) is 4.48. The lowest BCUT2D eigenvalue weighted by atomic mass is 9.89. The Morgan fingerprint density at radius 2 is 1.68 bits per heavy atom. The van der Waals surface area contributed by atoms with Crippen molar-refractivity contribution in [3.8, 4) is 0 Å². The van der Waals surface area contributed by atoms with Gasteiger partial charge in [0.25, 0.3) is 0 Å². The molecule has 0 aliphatic heterocycles. The first-order chi connectivity index (χ1) is 11.6. The van der Waals surface area contributed by atoms with Crippen LogP contribution in [-0.2, 0) is 17.6 Å². The number of halogens is 1. The highest BCUT2D eigenvalue weighted by atomic mass is 35.5. The van der Waals surface area contributed by atoms with Crippen LogP contribution in [0, 0.1) is 0 Å². The van der Waals surface area contributed by atoms with Crippen LogP contribution in [0.3, 0.4) is 0 Å². The number of aryl methyl sites for hydroxylation is 2. The molecular formula is C20H23ClN2O2. The molecule has 4 nitrogen and oxygen atoms in total. The van der Waals surface area contributed by atoms with Gasteiger partial charge in [-0.05, 0) is 55.0 Å². The van der Waals surface area contributed by atoms with Crippen LogP contribution in [0.5, 0.6) is 0 Å². The van der Waals surface area contributed by atoms with E-state index in [0.717, 1.165) is 12.8 Å². The molecule has 1 aliphatic rings. The molecule has 3 rings (SSSR count). The van der Waals surface area contributed by atoms with Gasteiger partial charge >= 0.3 is 0 Å². The number of hydrogen-bond acceptors (Lipinski definition) is 3. The van der Waals surface area contributed by atoms with Crippen molar-refractivity contribution in [3.63, 3.8) is 0 Å². The first-order valence-electron chi connectivity index (χ1n) is 8.43. The number of carbonyl (C=O) groups excluding carboxylic acids is 2. The van der Waals surface area contributed by atoms with E-state index in [4.69, 9.17) is 5.73 Å². The SMILES string of the molecule is Cl.Nc1ccccc1NC(=O)CCC(=O)c1ccc2c(c1)CCCC2. The summed E-state index contributed by atoms with van der Waals surface area (Å²) in [6, 6.07) is 13.1. The van der Waals surface area contributed by atoms with Gasteiger partial charge in [0.05, 0.1) is 11.4 Å². The minimum absolute atomic E-state index is 0. The number of carbonyl (C=O) groups is 2. The maximum atomic E-state index is 12.3. The molecule has 0 unspecified atom stereocenters. The van der Waals surface area contributed by atoms with Gasteiger partial charge in [-0.15, -0.1) is 12.4 Å². The lowest BCUT2D eigenvalue weighted by molar-refractivity contribution is -0.116. The van der Waals surface area contributed by atoms with Crippen molar-refractivity contribution in [2.75, 3.05) is 11.1 Å². The molecule has 0 saturated heterocycles. The quantitative estimate of drug-likeness (QED) is 0.622. The number of para-hydroxylation sites is 2. The number of nitrogens with one attached hydrogen (secondary N) is 1. The minimum Gasteiger partial charge on any atom is -0.397 e. The summed E-state index contributed by atoms with van der Waals surface area (Å²) in [4.78, 5) is 24.4. The molecule has 0 radical (unpaired) electrons. The van der Waals surface area contributed by atoms with Crippen molar-refractivity contribution in [2.45, 2.75) is 38.5 Å². The maximum Gasteiger partial charge on any atom is 0.224 e. The van der Waals surface area contributed by atoms with E-state index in [1.807, 2.05) is 24.3 Å². The molecule has 132 valence electrons. The Labute approximate surface area is 154 Å². The van der Waals surface area contributed by atoms with Crippen molar-refractivity contribution < 1.29 is 9.59 Å². The van der Waals surface area contributed by atoms with Crippen molar-refractivity contribution in [1.82, 2.24) is 0 Å². The second-order valence-electron chi connectivity index (χ2n) is 6.25. The third-order valence-corrected chi connectivity index (χ3v) is 4.48. The highest BCUT2D eigenvalue weighted by molar-refractivity contribution is 6.00. The number of rotatable bonds is 5. The Morgan fingerprint density at radius 3 is 2.44 bits per heavy atom. The van der Waals surface area contributed by atoms with Crippen LogP contribution in [0.4, 0.5) is 11.4 Å². The summed E-state index contributed by atoms with van der Waals surface area (Å²) in [6.07, 6.45) is 4.92. The van der Waals surface area contributed by atoms with E-state index in [-0.39, 0.29) is 36.9 Å². The van der Waals surface area contributed by atoms with E-state index in [1.54, 1.807) is 12.1 Å². The Hall–Kier alpha value is -2.33. The maximum absolute atomic E-state index is 12.3. The van der Waals surface area contributed by atoms with Crippen molar-refractivity contribution in [3.05, 3.63) is 59.2 Å². The minimum atomic E-state index is -0.195. The van der Waals surface area contributed by atoms with Crippen LogP contribution >= 0.6 is 12.4 Å². The molecule has 1 aliphatic carbocycles. The lowest BCUT2D eigenvalue weighted by Gasteiger charge is -2.16. The van der Waals surface area contributed by atoms with Crippen molar-refractivity contribution in [1.29, 1.82) is 0 Å². The number of benzene rings is 2. The highest BCUT2D eigenvalue weighted by Gasteiger charge is 2.14. The fourth-order valence-corrected chi connectivity index (χ4v) is 3.10. The Morgan fingerprint density at radius 1 is 0.960 bits per heavy atom. The smallest absolute Gasteiger partial charge is 0.224 e. The summed E-state index contributed by atoms with van der Waals surface area (Å²) in [7, 11) is 0. The second-order valence-corrected chi connectivity index (χ2v) is 6.25. The van der Waals surface area contributed by atoms with Gasteiger partial charge in [-0.25, -0.2) is 0 Å². The fraction of sp³-hybridized carbons (Fsp3) is 0.300. The van der Waals surface area contributed by atoms with Crippen LogP contribution in [0.1, 0.15) is 47.2 Å². The molecule has 0 bridgehead atoms. The summed E-state index contributed by atoms with van der Waals surface area (Å²) in [5.74, 6) is -0.182. The average molecular weight is 359 g/mol. The van der Waals surface area contributed by atoms with Gasteiger partial charge in [-0.1, -0.05) is 24.3 Å². The van der Waals surface area contributed by atoms with E-state index >= 15 is 0 Å². The first-order valence-corrected chi connectivity index (χ1v) is 8.43. The Balaban J connectivity index is 0.00000225. The molecule has 0 aromatic heterocycles.